The topological polar surface area (TPSA) is 44.4 Å². The molecular formula is C10H18F3N3O. The molecule has 0 aromatic carbocycles. The lowest BCUT2D eigenvalue weighted by Crippen LogP contribution is -2.49. The minimum atomic E-state index is -4.36. The second kappa shape index (κ2) is 5.68. The zero-order chi connectivity index (χ0) is 13.1. The van der Waals surface area contributed by atoms with Crippen LogP contribution in [0.3, 0.4) is 0 Å². The highest BCUT2D eigenvalue weighted by molar-refractivity contribution is 5.81. The van der Waals surface area contributed by atoms with Crippen molar-refractivity contribution in [3.05, 3.63) is 0 Å². The number of carbonyl (C=O) groups is 1. The maximum atomic E-state index is 11.9. The van der Waals surface area contributed by atoms with Crippen LogP contribution in [-0.2, 0) is 4.79 Å². The summed E-state index contributed by atoms with van der Waals surface area (Å²) >= 11 is 0. The number of likely N-dealkylation sites (tertiary alicyclic amines) is 1. The number of nitrogens with zero attached hydrogens (tertiary/aromatic N) is 1. The van der Waals surface area contributed by atoms with E-state index in [1.807, 2.05) is 12.4 Å². The maximum Gasteiger partial charge on any atom is 0.405 e. The SMILES string of the molecule is CC(NC1CCN(C)C1)C(=O)NCC(F)(F)F. The van der Waals surface area contributed by atoms with Gasteiger partial charge in [-0.25, -0.2) is 0 Å². The van der Waals surface area contributed by atoms with Crippen LogP contribution < -0.4 is 10.6 Å². The Kier molecular flexibility index (Phi) is 4.76. The van der Waals surface area contributed by atoms with Gasteiger partial charge in [0.25, 0.3) is 0 Å². The normalized spacial score (nSPS) is 23.7. The third-order valence-corrected chi connectivity index (χ3v) is 2.73. The fourth-order valence-electron chi connectivity index (χ4n) is 1.84. The molecule has 0 aliphatic carbocycles. The largest absolute Gasteiger partial charge is 0.405 e. The molecule has 1 fully saturated rings. The molecule has 1 saturated heterocycles. The summed E-state index contributed by atoms with van der Waals surface area (Å²) < 4.78 is 35.7. The van der Waals surface area contributed by atoms with Gasteiger partial charge in [0.2, 0.25) is 5.91 Å². The summed E-state index contributed by atoms with van der Waals surface area (Å²) in [6.45, 7) is 2.05. The second-order valence-corrected chi connectivity index (χ2v) is 4.47. The summed E-state index contributed by atoms with van der Waals surface area (Å²) in [5.41, 5.74) is 0. The summed E-state index contributed by atoms with van der Waals surface area (Å²) in [5, 5.41) is 4.89. The lowest BCUT2D eigenvalue weighted by molar-refractivity contribution is -0.139. The first-order valence-electron chi connectivity index (χ1n) is 5.57. The van der Waals surface area contributed by atoms with E-state index in [1.54, 1.807) is 6.92 Å². The number of hydrogen-bond acceptors (Lipinski definition) is 3. The van der Waals surface area contributed by atoms with Crippen molar-refractivity contribution < 1.29 is 18.0 Å². The molecule has 2 atom stereocenters. The summed E-state index contributed by atoms with van der Waals surface area (Å²) in [5.74, 6) is -0.614. The molecule has 7 heteroatoms. The molecule has 0 aromatic heterocycles. The van der Waals surface area contributed by atoms with E-state index in [4.69, 9.17) is 0 Å². The van der Waals surface area contributed by atoms with Crippen LogP contribution in [0.1, 0.15) is 13.3 Å². The summed E-state index contributed by atoms with van der Waals surface area (Å²) in [4.78, 5) is 13.5. The molecule has 0 saturated carbocycles. The smallest absolute Gasteiger partial charge is 0.346 e. The van der Waals surface area contributed by atoms with Gasteiger partial charge in [-0.3, -0.25) is 4.79 Å². The van der Waals surface area contributed by atoms with Crippen molar-refractivity contribution in [1.29, 1.82) is 0 Å². The molecule has 100 valence electrons. The van der Waals surface area contributed by atoms with Gasteiger partial charge >= 0.3 is 6.18 Å². The van der Waals surface area contributed by atoms with Crippen molar-refractivity contribution >= 4 is 5.91 Å². The molecule has 1 rings (SSSR count). The average molecular weight is 253 g/mol. The zero-order valence-electron chi connectivity index (χ0n) is 9.97. The van der Waals surface area contributed by atoms with E-state index in [9.17, 15) is 18.0 Å². The van der Waals surface area contributed by atoms with Crippen LogP contribution in [-0.4, -0.2) is 55.7 Å². The highest BCUT2D eigenvalue weighted by Gasteiger charge is 2.29. The Bertz CT molecular complexity index is 270. The van der Waals surface area contributed by atoms with E-state index >= 15 is 0 Å². The Balaban J connectivity index is 2.27. The van der Waals surface area contributed by atoms with Gasteiger partial charge in [-0.15, -0.1) is 0 Å². The molecule has 1 aliphatic rings. The van der Waals surface area contributed by atoms with Crippen molar-refractivity contribution in [2.24, 2.45) is 0 Å². The van der Waals surface area contributed by atoms with Gasteiger partial charge in [0, 0.05) is 12.6 Å². The molecule has 0 radical (unpaired) electrons. The van der Waals surface area contributed by atoms with Crippen LogP contribution in [0, 0.1) is 0 Å². The quantitative estimate of drug-likeness (QED) is 0.759. The standard InChI is InChI=1S/C10H18F3N3O/c1-7(9(17)14-6-10(11,12)13)15-8-3-4-16(2)5-8/h7-8,15H,3-6H2,1-2H3,(H,14,17). The van der Waals surface area contributed by atoms with Gasteiger partial charge in [-0.05, 0) is 26.9 Å². The molecule has 17 heavy (non-hydrogen) atoms. The number of hydrogen-bond donors (Lipinski definition) is 2. The molecule has 1 heterocycles. The maximum absolute atomic E-state index is 11.9. The summed E-state index contributed by atoms with van der Waals surface area (Å²) in [6.07, 6.45) is -3.45. The Hall–Kier alpha value is -0.820. The summed E-state index contributed by atoms with van der Waals surface area (Å²) in [7, 11) is 1.97. The molecule has 0 aromatic rings. The number of nitrogens with one attached hydrogen (secondary N) is 2. The van der Waals surface area contributed by atoms with E-state index < -0.39 is 24.7 Å². The number of likely N-dealkylation sites (N-methyl/N-ethyl adjacent to an activating group) is 1. The Morgan fingerprint density at radius 3 is 2.65 bits per heavy atom. The summed E-state index contributed by atoms with van der Waals surface area (Å²) in [6, 6.07) is -0.430. The van der Waals surface area contributed by atoms with Crippen molar-refractivity contribution in [3.63, 3.8) is 0 Å². The molecule has 2 N–H and O–H groups in total. The second-order valence-electron chi connectivity index (χ2n) is 4.47. The number of rotatable bonds is 4. The van der Waals surface area contributed by atoms with Gasteiger partial charge in [0.1, 0.15) is 6.54 Å². The van der Waals surface area contributed by atoms with E-state index in [0.29, 0.717) is 0 Å². The molecule has 4 nitrogen and oxygen atoms in total. The lowest BCUT2D eigenvalue weighted by Gasteiger charge is -2.19. The van der Waals surface area contributed by atoms with E-state index in [0.717, 1.165) is 19.5 Å². The third-order valence-electron chi connectivity index (χ3n) is 2.73. The van der Waals surface area contributed by atoms with Gasteiger partial charge in [-0.2, -0.15) is 13.2 Å². The van der Waals surface area contributed by atoms with Crippen molar-refractivity contribution in [2.75, 3.05) is 26.7 Å². The minimum absolute atomic E-state index is 0.173. The van der Waals surface area contributed by atoms with Crippen LogP contribution in [0.5, 0.6) is 0 Å². The van der Waals surface area contributed by atoms with E-state index in [1.165, 1.54) is 0 Å². The Morgan fingerprint density at radius 2 is 2.18 bits per heavy atom. The molecule has 1 amide bonds. The van der Waals surface area contributed by atoms with E-state index in [2.05, 4.69) is 10.2 Å². The van der Waals surface area contributed by atoms with Gasteiger partial charge in [0.05, 0.1) is 6.04 Å². The highest BCUT2D eigenvalue weighted by Crippen LogP contribution is 2.12. The van der Waals surface area contributed by atoms with Crippen LogP contribution in [0.15, 0.2) is 0 Å². The van der Waals surface area contributed by atoms with Crippen LogP contribution in [0.4, 0.5) is 13.2 Å². The number of alkyl halides is 3. The first-order chi connectivity index (χ1) is 7.78. The molecule has 2 unspecified atom stereocenters. The molecular weight excluding hydrogens is 235 g/mol. The zero-order valence-corrected chi connectivity index (χ0v) is 9.97. The predicted molar refractivity (Wildman–Crippen MR) is 57.6 cm³/mol. The van der Waals surface area contributed by atoms with Crippen molar-refractivity contribution in [1.82, 2.24) is 15.5 Å². The minimum Gasteiger partial charge on any atom is -0.346 e. The van der Waals surface area contributed by atoms with Crippen molar-refractivity contribution in [2.45, 2.75) is 31.6 Å². The first-order valence-corrected chi connectivity index (χ1v) is 5.57. The van der Waals surface area contributed by atoms with E-state index in [-0.39, 0.29) is 6.04 Å². The number of amides is 1. The first kappa shape index (κ1) is 14.2. The van der Waals surface area contributed by atoms with Gasteiger partial charge in [0.15, 0.2) is 0 Å². The van der Waals surface area contributed by atoms with Crippen LogP contribution in [0.25, 0.3) is 0 Å². The predicted octanol–water partition coefficient (Wildman–Crippen LogP) is 0.347. The molecule has 0 spiro atoms. The third kappa shape index (κ3) is 5.36. The molecule has 0 bridgehead atoms. The van der Waals surface area contributed by atoms with Crippen molar-refractivity contribution in [3.8, 4) is 0 Å². The lowest BCUT2D eigenvalue weighted by atomic mass is 10.2. The Morgan fingerprint density at radius 1 is 1.53 bits per heavy atom. The van der Waals surface area contributed by atoms with Crippen LogP contribution in [0.2, 0.25) is 0 Å². The van der Waals surface area contributed by atoms with Gasteiger partial charge < -0.3 is 15.5 Å². The monoisotopic (exact) mass is 253 g/mol. The fourth-order valence-corrected chi connectivity index (χ4v) is 1.84. The fraction of sp³-hybridized carbons (Fsp3) is 0.900. The van der Waals surface area contributed by atoms with Gasteiger partial charge in [-0.1, -0.05) is 0 Å². The molecule has 1 aliphatic heterocycles. The Labute approximate surface area is 98.5 Å². The van der Waals surface area contributed by atoms with Crippen LogP contribution >= 0.6 is 0 Å². The number of carbonyl (C=O) groups excluding carboxylic acids is 1. The number of halogens is 3. The average Bonchev–Trinajstić information content (AvgIpc) is 2.59. The highest BCUT2D eigenvalue weighted by atomic mass is 19.4.